The molecule has 0 aromatic heterocycles. The van der Waals surface area contributed by atoms with Crippen LogP contribution in [0.1, 0.15) is 53.9 Å². The zero-order chi connectivity index (χ0) is 21.0. The fourth-order valence-corrected chi connectivity index (χ4v) is 6.71. The van der Waals surface area contributed by atoms with Crippen molar-refractivity contribution in [2.75, 3.05) is 0 Å². The van der Waals surface area contributed by atoms with E-state index < -0.39 is 8.32 Å². The summed E-state index contributed by atoms with van der Waals surface area (Å²) in [5.41, 5.74) is -0.0807. The van der Waals surface area contributed by atoms with E-state index in [4.69, 9.17) is 9.16 Å². The third kappa shape index (κ3) is 5.94. The molecule has 0 N–H and O–H groups in total. The summed E-state index contributed by atoms with van der Waals surface area (Å²) >= 11 is 0.506. The van der Waals surface area contributed by atoms with Crippen LogP contribution >= 0.6 is 0 Å². The van der Waals surface area contributed by atoms with E-state index in [0.29, 0.717) is 21.4 Å². The van der Waals surface area contributed by atoms with Crippen molar-refractivity contribution in [3.8, 4) is 6.07 Å². The van der Waals surface area contributed by atoms with Gasteiger partial charge in [-0.05, 0) is 0 Å². The average Bonchev–Trinajstić information content (AvgIpc) is 2.61. The Morgan fingerprint density at radius 1 is 1.25 bits per heavy atom. The van der Waals surface area contributed by atoms with Gasteiger partial charge in [0.05, 0.1) is 0 Å². The predicted octanol–water partition coefficient (Wildman–Crippen LogP) is 5.31. The fraction of sp³-hybridized carbons (Fsp3) is 0.696. The molecule has 0 unspecified atom stereocenters. The van der Waals surface area contributed by atoms with Crippen molar-refractivity contribution in [2.24, 2.45) is 5.41 Å². The molecule has 156 valence electrons. The van der Waals surface area contributed by atoms with Gasteiger partial charge in [-0.25, -0.2) is 0 Å². The normalized spacial score (nSPS) is 25.3. The van der Waals surface area contributed by atoms with Crippen molar-refractivity contribution < 1.29 is 9.16 Å². The first-order valence-corrected chi connectivity index (χ1v) is 15.4. The van der Waals surface area contributed by atoms with E-state index >= 15 is 0 Å². The molecule has 1 heterocycles. The van der Waals surface area contributed by atoms with Gasteiger partial charge in [-0.2, -0.15) is 0 Å². The second-order valence-electron chi connectivity index (χ2n) is 9.97. The molecule has 0 radical (unpaired) electrons. The molecule has 1 aromatic rings. The molecule has 1 saturated heterocycles. The summed E-state index contributed by atoms with van der Waals surface area (Å²) in [5.74, 6) is 0. The van der Waals surface area contributed by atoms with Crippen LogP contribution in [-0.4, -0.2) is 41.6 Å². The second-order valence-corrected chi connectivity index (χ2v) is 17.2. The summed E-state index contributed by atoms with van der Waals surface area (Å²) in [6, 6.07) is 13.1. The van der Waals surface area contributed by atoms with Crippen molar-refractivity contribution in [3.05, 3.63) is 30.3 Å². The maximum atomic E-state index is 9.56. The molecule has 28 heavy (non-hydrogen) atoms. The van der Waals surface area contributed by atoms with E-state index in [2.05, 4.69) is 84.1 Å². The molecule has 0 aliphatic carbocycles. The molecule has 0 amide bonds. The van der Waals surface area contributed by atoms with Crippen molar-refractivity contribution in [1.29, 1.82) is 5.26 Å². The summed E-state index contributed by atoms with van der Waals surface area (Å²) in [6.07, 6.45) is 2.61. The molecule has 1 aromatic carbocycles. The van der Waals surface area contributed by atoms with Gasteiger partial charge in [0.2, 0.25) is 0 Å². The van der Waals surface area contributed by atoms with E-state index in [-0.39, 0.29) is 28.8 Å². The number of hydrogen-bond acceptors (Lipinski definition) is 3. The summed E-state index contributed by atoms with van der Waals surface area (Å²) in [4.78, 5) is 0. The van der Waals surface area contributed by atoms with Crippen LogP contribution in [0.15, 0.2) is 30.3 Å². The number of hydrogen-bond donors (Lipinski definition) is 0. The fourth-order valence-electron chi connectivity index (χ4n) is 3.37. The second kappa shape index (κ2) is 9.45. The maximum absolute atomic E-state index is 9.56. The Morgan fingerprint density at radius 2 is 1.89 bits per heavy atom. The number of rotatable bonds is 7. The summed E-state index contributed by atoms with van der Waals surface area (Å²) in [6.45, 7) is 16.0. The standard InChI is InChI=1S/C23H37NO2SeSi/c1-22(2,3)28(6,7)26-21-16-18(17-24)25-20(23(21,4)5)14-11-15-27-19-12-9-8-10-13-19/h8-10,12-13,18,20-21H,11,14-16H2,1-7H3/t18-,20+,21+/m0/s1. The molecular weight excluding hydrogens is 429 g/mol. The third-order valence-corrected chi connectivity index (χ3v) is 13.2. The van der Waals surface area contributed by atoms with Crippen LogP contribution < -0.4 is 4.46 Å². The van der Waals surface area contributed by atoms with E-state index in [1.165, 1.54) is 9.78 Å². The molecule has 0 saturated carbocycles. The zero-order valence-corrected chi connectivity index (χ0v) is 21.3. The van der Waals surface area contributed by atoms with Gasteiger partial charge in [0.15, 0.2) is 0 Å². The zero-order valence-electron chi connectivity index (χ0n) is 18.6. The van der Waals surface area contributed by atoms with Crippen molar-refractivity contribution >= 4 is 27.7 Å². The van der Waals surface area contributed by atoms with Crippen molar-refractivity contribution in [1.82, 2.24) is 0 Å². The summed E-state index contributed by atoms with van der Waals surface area (Å²) < 4.78 is 14.5. The first-order valence-electron chi connectivity index (χ1n) is 10.4. The number of ether oxygens (including phenoxy) is 1. The molecule has 1 aliphatic heterocycles. The van der Waals surface area contributed by atoms with Gasteiger partial charge in [0.25, 0.3) is 0 Å². The molecule has 5 heteroatoms. The van der Waals surface area contributed by atoms with E-state index in [1.54, 1.807) is 0 Å². The van der Waals surface area contributed by atoms with Crippen LogP contribution in [0.25, 0.3) is 0 Å². The van der Waals surface area contributed by atoms with Gasteiger partial charge in [-0.15, -0.1) is 0 Å². The summed E-state index contributed by atoms with van der Waals surface area (Å²) in [5, 5.41) is 10.9. The molecule has 1 aliphatic rings. The molecule has 0 spiro atoms. The Bertz CT molecular complexity index is 663. The molecule has 1 fully saturated rings. The molecule has 0 bridgehead atoms. The van der Waals surface area contributed by atoms with Gasteiger partial charge in [0.1, 0.15) is 0 Å². The average molecular weight is 467 g/mol. The Labute approximate surface area is 179 Å². The number of benzene rings is 1. The topological polar surface area (TPSA) is 42.2 Å². The Hall–Kier alpha value is -0.634. The number of nitriles is 1. The molecule has 3 atom stereocenters. The van der Waals surface area contributed by atoms with Crippen molar-refractivity contribution in [2.45, 2.75) is 95.6 Å². The van der Waals surface area contributed by atoms with Crippen LogP contribution in [0.5, 0.6) is 0 Å². The van der Waals surface area contributed by atoms with Crippen LogP contribution in [0.4, 0.5) is 0 Å². The SMILES string of the molecule is CC1(C)[C@@H](CCC[Se]c2ccccc2)O[C@H](C#N)C[C@H]1O[Si](C)(C)C(C)(C)C. The van der Waals surface area contributed by atoms with Crippen molar-refractivity contribution in [3.63, 3.8) is 0 Å². The third-order valence-electron chi connectivity index (χ3n) is 6.43. The van der Waals surface area contributed by atoms with Crippen LogP contribution in [-0.2, 0) is 9.16 Å². The quantitative estimate of drug-likeness (QED) is 0.404. The molecule has 3 nitrogen and oxygen atoms in total. The Kier molecular flexibility index (Phi) is 7.98. The van der Waals surface area contributed by atoms with Crippen LogP contribution in [0.3, 0.4) is 0 Å². The van der Waals surface area contributed by atoms with E-state index in [9.17, 15) is 5.26 Å². The van der Waals surface area contributed by atoms with Gasteiger partial charge in [-0.3, -0.25) is 0 Å². The monoisotopic (exact) mass is 467 g/mol. The van der Waals surface area contributed by atoms with E-state index in [1.807, 2.05) is 0 Å². The minimum atomic E-state index is -1.90. The van der Waals surface area contributed by atoms with Gasteiger partial charge in [-0.1, -0.05) is 0 Å². The summed E-state index contributed by atoms with van der Waals surface area (Å²) in [7, 11) is -1.90. The number of nitrogens with zero attached hydrogens (tertiary/aromatic N) is 1. The first-order chi connectivity index (χ1) is 13.0. The van der Waals surface area contributed by atoms with Gasteiger partial charge < -0.3 is 0 Å². The Balaban J connectivity index is 2.01. The Morgan fingerprint density at radius 3 is 2.46 bits per heavy atom. The van der Waals surface area contributed by atoms with E-state index in [0.717, 1.165) is 12.8 Å². The van der Waals surface area contributed by atoms with Crippen LogP contribution in [0.2, 0.25) is 23.5 Å². The molecular formula is C23H37NO2SeSi. The van der Waals surface area contributed by atoms with Gasteiger partial charge >= 0.3 is 180 Å². The van der Waals surface area contributed by atoms with Crippen LogP contribution in [0, 0.1) is 16.7 Å². The minimum absolute atomic E-state index is 0.0761. The predicted molar refractivity (Wildman–Crippen MR) is 121 cm³/mol. The first kappa shape index (κ1) is 23.6. The molecule has 2 rings (SSSR count). The van der Waals surface area contributed by atoms with Gasteiger partial charge in [0, 0.05) is 0 Å².